The number of carbonyl (C=O) groups excluding carboxylic acids is 1. The Labute approximate surface area is 114 Å². The number of ether oxygens (including phenoxy) is 1. The third-order valence-corrected chi connectivity index (χ3v) is 2.66. The number of anilines is 2. The molecule has 0 aromatic carbocycles. The Morgan fingerprint density at radius 1 is 1.45 bits per heavy atom. The van der Waals surface area contributed by atoms with Crippen molar-refractivity contribution in [3.63, 3.8) is 0 Å². The molecule has 0 bridgehead atoms. The number of nitrogens with one attached hydrogen (secondary N) is 1. The highest BCUT2D eigenvalue weighted by Crippen LogP contribution is 2.31. The van der Waals surface area contributed by atoms with E-state index in [1.165, 1.54) is 7.11 Å². The molecule has 0 radical (unpaired) electrons. The first-order chi connectivity index (χ1) is 9.16. The Balaban J connectivity index is 3.09. The number of hydrogen-bond donors (Lipinski definition) is 2. The van der Waals surface area contributed by atoms with Gasteiger partial charge in [0.1, 0.15) is 11.7 Å². The number of carbonyl (C=O) groups is 1. The molecule has 1 aromatic rings. The van der Waals surface area contributed by atoms with Crippen LogP contribution in [-0.4, -0.2) is 24.1 Å². The highest BCUT2D eigenvalue weighted by atomic mass is 19.4. The van der Waals surface area contributed by atoms with Crippen molar-refractivity contribution in [3.8, 4) is 0 Å². The van der Waals surface area contributed by atoms with E-state index in [2.05, 4.69) is 15.0 Å². The van der Waals surface area contributed by atoms with Crippen LogP contribution in [0.3, 0.4) is 0 Å². The van der Waals surface area contributed by atoms with Gasteiger partial charge in [-0.25, -0.2) is 9.78 Å². The van der Waals surface area contributed by atoms with Crippen molar-refractivity contribution in [1.82, 2.24) is 4.98 Å². The van der Waals surface area contributed by atoms with Gasteiger partial charge in [-0.15, -0.1) is 0 Å². The second-order valence-electron chi connectivity index (χ2n) is 4.54. The summed E-state index contributed by atoms with van der Waals surface area (Å²) in [5, 5.41) is 2.67. The van der Waals surface area contributed by atoms with Gasteiger partial charge < -0.3 is 15.8 Å². The van der Waals surface area contributed by atoms with Crippen molar-refractivity contribution >= 4 is 17.3 Å². The maximum atomic E-state index is 12.6. The fourth-order valence-electron chi connectivity index (χ4n) is 1.54. The molecule has 0 spiro atoms. The average Bonchev–Trinajstić information content (AvgIpc) is 2.35. The minimum Gasteiger partial charge on any atom is -0.467 e. The van der Waals surface area contributed by atoms with Gasteiger partial charge in [0.2, 0.25) is 0 Å². The molecule has 0 saturated carbocycles. The smallest absolute Gasteiger partial charge is 0.433 e. The van der Waals surface area contributed by atoms with Crippen LogP contribution in [0.15, 0.2) is 12.3 Å². The lowest BCUT2D eigenvalue weighted by molar-refractivity contribution is -0.142. The van der Waals surface area contributed by atoms with E-state index in [1.807, 2.05) is 0 Å². The van der Waals surface area contributed by atoms with Gasteiger partial charge in [0.15, 0.2) is 0 Å². The standard InChI is InChI=1S/C12H16F3N3O2/c1-6(2)10(11(19)20-3)18-8-4-9(12(13,14)15)17-5-7(8)16/h4-6,10H,16H2,1-3H3,(H,17,18). The van der Waals surface area contributed by atoms with Gasteiger partial charge in [0.05, 0.1) is 24.7 Å². The summed E-state index contributed by atoms with van der Waals surface area (Å²) >= 11 is 0. The third kappa shape index (κ3) is 3.75. The lowest BCUT2D eigenvalue weighted by Gasteiger charge is -2.22. The third-order valence-electron chi connectivity index (χ3n) is 2.66. The van der Waals surface area contributed by atoms with Gasteiger partial charge in [0, 0.05) is 0 Å². The number of nitrogens with zero attached hydrogens (tertiary/aromatic N) is 1. The molecular formula is C12H16F3N3O2. The molecule has 0 fully saturated rings. The van der Waals surface area contributed by atoms with E-state index >= 15 is 0 Å². The Bertz CT molecular complexity index is 489. The van der Waals surface area contributed by atoms with E-state index in [0.717, 1.165) is 12.3 Å². The number of aromatic nitrogens is 1. The minimum absolute atomic E-state index is 0.00331. The van der Waals surface area contributed by atoms with Gasteiger partial charge in [-0.2, -0.15) is 13.2 Å². The van der Waals surface area contributed by atoms with Crippen molar-refractivity contribution in [2.75, 3.05) is 18.2 Å². The van der Waals surface area contributed by atoms with E-state index in [0.29, 0.717) is 0 Å². The number of hydrogen-bond acceptors (Lipinski definition) is 5. The molecule has 8 heteroatoms. The molecule has 112 valence electrons. The zero-order chi connectivity index (χ0) is 15.5. The number of alkyl halides is 3. The highest BCUT2D eigenvalue weighted by molar-refractivity contribution is 5.81. The van der Waals surface area contributed by atoms with Crippen molar-refractivity contribution in [3.05, 3.63) is 18.0 Å². The van der Waals surface area contributed by atoms with Crippen molar-refractivity contribution in [1.29, 1.82) is 0 Å². The Hall–Kier alpha value is -1.99. The molecule has 1 atom stereocenters. The van der Waals surface area contributed by atoms with Crippen LogP contribution in [0.2, 0.25) is 0 Å². The summed E-state index contributed by atoms with van der Waals surface area (Å²) in [4.78, 5) is 14.8. The largest absolute Gasteiger partial charge is 0.467 e. The van der Waals surface area contributed by atoms with E-state index < -0.39 is 23.9 Å². The zero-order valence-corrected chi connectivity index (χ0v) is 11.3. The molecule has 1 heterocycles. The number of esters is 1. The summed E-state index contributed by atoms with van der Waals surface area (Å²) in [6.07, 6.45) is -3.68. The second-order valence-corrected chi connectivity index (χ2v) is 4.54. The van der Waals surface area contributed by atoms with E-state index in [9.17, 15) is 18.0 Å². The SMILES string of the molecule is COC(=O)C(Nc1cc(C(F)(F)F)ncc1N)C(C)C. The lowest BCUT2D eigenvalue weighted by atomic mass is 10.0. The summed E-state index contributed by atoms with van der Waals surface area (Å²) in [6.45, 7) is 3.47. The van der Waals surface area contributed by atoms with Crippen LogP contribution >= 0.6 is 0 Å². The molecule has 0 saturated heterocycles. The van der Waals surface area contributed by atoms with Crippen LogP contribution in [0.4, 0.5) is 24.5 Å². The van der Waals surface area contributed by atoms with Gasteiger partial charge in [-0.3, -0.25) is 0 Å². The van der Waals surface area contributed by atoms with E-state index in [1.54, 1.807) is 13.8 Å². The second kappa shape index (κ2) is 5.98. The predicted molar refractivity (Wildman–Crippen MR) is 67.9 cm³/mol. The normalized spacial score (nSPS) is 13.2. The van der Waals surface area contributed by atoms with Crippen LogP contribution in [-0.2, 0) is 15.7 Å². The van der Waals surface area contributed by atoms with Gasteiger partial charge in [0.25, 0.3) is 0 Å². The molecule has 0 aliphatic heterocycles. The average molecular weight is 291 g/mol. The first kappa shape index (κ1) is 16.1. The molecule has 20 heavy (non-hydrogen) atoms. The summed E-state index contributed by atoms with van der Waals surface area (Å²) in [6, 6.07) is -0.0287. The molecule has 0 aliphatic carbocycles. The predicted octanol–water partition coefficient (Wildman–Crippen LogP) is 2.29. The van der Waals surface area contributed by atoms with Crippen LogP contribution in [0, 0.1) is 5.92 Å². The summed E-state index contributed by atoms with van der Waals surface area (Å²) in [5.74, 6) is -0.769. The number of nitrogen functional groups attached to an aromatic ring is 1. The Kier molecular flexibility index (Phi) is 4.80. The number of methoxy groups -OCH3 is 1. The molecule has 0 amide bonds. The number of rotatable bonds is 4. The summed E-state index contributed by atoms with van der Waals surface area (Å²) in [7, 11) is 1.20. The van der Waals surface area contributed by atoms with E-state index in [4.69, 9.17) is 5.73 Å². The first-order valence-corrected chi connectivity index (χ1v) is 5.84. The van der Waals surface area contributed by atoms with Crippen LogP contribution in [0.25, 0.3) is 0 Å². The van der Waals surface area contributed by atoms with Crippen LogP contribution in [0.1, 0.15) is 19.5 Å². The number of nitrogens with two attached hydrogens (primary N) is 1. The van der Waals surface area contributed by atoms with Crippen molar-refractivity contribution in [2.45, 2.75) is 26.1 Å². The summed E-state index contributed by atoms with van der Waals surface area (Å²) < 4.78 is 42.4. The fraction of sp³-hybridized carbons (Fsp3) is 0.500. The van der Waals surface area contributed by atoms with Crippen LogP contribution < -0.4 is 11.1 Å². The molecular weight excluding hydrogens is 275 g/mol. The quantitative estimate of drug-likeness (QED) is 0.832. The summed E-state index contributed by atoms with van der Waals surface area (Å²) in [5.41, 5.74) is 4.51. The first-order valence-electron chi connectivity index (χ1n) is 5.84. The lowest BCUT2D eigenvalue weighted by Crippen LogP contribution is -2.35. The Morgan fingerprint density at radius 3 is 2.50 bits per heavy atom. The fourth-order valence-corrected chi connectivity index (χ4v) is 1.54. The Morgan fingerprint density at radius 2 is 2.05 bits per heavy atom. The number of pyridine rings is 1. The van der Waals surface area contributed by atoms with Crippen molar-refractivity contribution in [2.24, 2.45) is 5.92 Å². The molecule has 5 nitrogen and oxygen atoms in total. The topological polar surface area (TPSA) is 77.2 Å². The van der Waals surface area contributed by atoms with Crippen LogP contribution in [0.5, 0.6) is 0 Å². The molecule has 1 aromatic heterocycles. The van der Waals surface area contributed by atoms with E-state index in [-0.39, 0.29) is 17.3 Å². The van der Waals surface area contributed by atoms with Gasteiger partial charge in [-0.05, 0) is 12.0 Å². The maximum Gasteiger partial charge on any atom is 0.433 e. The monoisotopic (exact) mass is 291 g/mol. The molecule has 0 aliphatic rings. The number of halogens is 3. The molecule has 3 N–H and O–H groups in total. The molecule has 1 rings (SSSR count). The van der Waals surface area contributed by atoms with Gasteiger partial charge >= 0.3 is 12.1 Å². The zero-order valence-electron chi connectivity index (χ0n) is 11.3. The molecule has 1 unspecified atom stereocenters. The highest BCUT2D eigenvalue weighted by Gasteiger charge is 2.33. The van der Waals surface area contributed by atoms with Crippen molar-refractivity contribution < 1.29 is 22.7 Å². The van der Waals surface area contributed by atoms with Gasteiger partial charge in [-0.1, -0.05) is 13.8 Å². The minimum atomic E-state index is -4.58. The maximum absolute atomic E-state index is 12.6.